The van der Waals surface area contributed by atoms with Gasteiger partial charge in [-0.15, -0.1) is 0 Å². The van der Waals surface area contributed by atoms with Gasteiger partial charge in [0.25, 0.3) is 0 Å². The quantitative estimate of drug-likeness (QED) is 0.791. The van der Waals surface area contributed by atoms with Crippen LogP contribution in [-0.4, -0.2) is 0 Å². The zero-order chi connectivity index (χ0) is 12.1. The molecule has 0 aliphatic carbocycles. The highest BCUT2D eigenvalue weighted by Gasteiger charge is 2.12. The van der Waals surface area contributed by atoms with Crippen LogP contribution < -0.4 is 5.32 Å². The van der Waals surface area contributed by atoms with Crippen LogP contribution in [0.4, 0.5) is 0 Å². The third-order valence-corrected chi connectivity index (χ3v) is 3.55. The van der Waals surface area contributed by atoms with Crippen LogP contribution in [0.25, 0.3) is 6.08 Å². The minimum absolute atomic E-state index is 0.829. The summed E-state index contributed by atoms with van der Waals surface area (Å²) in [6.45, 7) is 5.54. The number of nitrogens with one attached hydrogen (secondary N) is 1. The maximum absolute atomic E-state index is 5.44. The van der Waals surface area contributed by atoms with Crippen molar-refractivity contribution in [3.8, 4) is 0 Å². The lowest BCUT2D eigenvalue weighted by Crippen LogP contribution is -2.17. The van der Waals surface area contributed by atoms with E-state index in [2.05, 4.69) is 25.2 Å². The summed E-state index contributed by atoms with van der Waals surface area (Å²) in [5.41, 5.74) is 2.60. The van der Waals surface area contributed by atoms with Gasteiger partial charge in [0, 0.05) is 23.9 Å². The summed E-state index contributed by atoms with van der Waals surface area (Å²) in [5.74, 6) is 1.87. The second kappa shape index (κ2) is 5.95. The molecule has 2 rings (SSSR count). The third kappa shape index (κ3) is 3.39. The lowest BCUT2D eigenvalue weighted by Gasteiger charge is -2.17. The molecular weight excluding hydrogens is 210 g/mol. The molecule has 0 saturated carbocycles. The molecule has 0 bridgehead atoms. The van der Waals surface area contributed by atoms with E-state index in [1.807, 2.05) is 6.07 Å². The van der Waals surface area contributed by atoms with Gasteiger partial charge in [-0.3, -0.25) is 0 Å². The van der Waals surface area contributed by atoms with Crippen LogP contribution >= 0.6 is 0 Å². The van der Waals surface area contributed by atoms with Gasteiger partial charge in [-0.25, -0.2) is 0 Å². The molecular formula is C15H23NO. The summed E-state index contributed by atoms with van der Waals surface area (Å²) in [7, 11) is 0. The van der Waals surface area contributed by atoms with Gasteiger partial charge in [0.2, 0.25) is 0 Å². The Morgan fingerprint density at radius 1 is 1.41 bits per heavy atom. The fourth-order valence-corrected chi connectivity index (χ4v) is 2.30. The highest BCUT2D eigenvalue weighted by atomic mass is 16.3. The molecule has 94 valence electrons. The second-order valence-corrected chi connectivity index (χ2v) is 5.12. The van der Waals surface area contributed by atoms with Gasteiger partial charge in [-0.05, 0) is 24.8 Å². The average Bonchev–Trinajstić information content (AvgIpc) is 2.81. The Bertz CT molecular complexity index is 378. The Hall–Kier alpha value is -1.18. The molecule has 1 unspecified atom stereocenters. The molecule has 1 atom stereocenters. The van der Waals surface area contributed by atoms with Crippen LogP contribution in [0.15, 0.2) is 22.4 Å². The van der Waals surface area contributed by atoms with E-state index in [-0.39, 0.29) is 0 Å². The number of unbranched alkanes of at least 4 members (excludes halogenated alkanes) is 1. The van der Waals surface area contributed by atoms with Crippen LogP contribution in [0.5, 0.6) is 0 Å². The highest BCUT2D eigenvalue weighted by molar-refractivity contribution is 5.53. The normalized spacial score (nSPS) is 16.0. The molecule has 1 aliphatic heterocycles. The van der Waals surface area contributed by atoms with E-state index >= 15 is 0 Å². The van der Waals surface area contributed by atoms with Crippen molar-refractivity contribution in [2.24, 2.45) is 5.92 Å². The number of hydrogen-bond donors (Lipinski definition) is 1. The minimum atomic E-state index is 0.829. The van der Waals surface area contributed by atoms with Crippen LogP contribution in [0.1, 0.15) is 57.3 Å². The van der Waals surface area contributed by atoms with E-state index in [9.17, 15) is 0 Å². The summed E-state index contributed by atoms with van der Waals surface area (Å²) in [6.07, 6.45) is 10.4. The zero-order valence-electron chi connectivity index (χ0n) is 11.0. The van der Waals surface area contributed by atoms with Gasteiger partial charge in [0.15, 0.2) is 0 Å². The molecule has 0 saturated heterocycles. The van der Waals surface area contributed by atoms with E-state index in [1.54, 1.807) is 6.26 Å². The van der Waals surface area contributed by atoms with E-state index in [0.29, 0.717) is 0 Å². The Morgan fingerprint density at radius 2 is 2.29 bits per heavy atom. The van der Waals surface area contributed by atoms with Gasteiger partial charge in [0.05, 0.1) is 6.26 Å². The minimum Gasteiger partial charge on any atom is -0.465 e. The van der Waals surface area contributed by atoms with Gasteiger partial charge in [-0.2, -0.15) is 0 Å². The Labute approximate surface area is 104 Å². The molecule has 0 fully saturated rings. The number of allylic oxidation sites excluding steroid dienone is 1. The predicted molar refractivity (Wildman–Crippen MR) is 71.4 cm³/mol. The molecule has 1 aromatic rings. The van der Waals surface area contributed by atoms with E-state index < -0.39 is 0 Å². The molecule has 2 heterocycles. The first-order chi connectivity index (χ1) is 8.29. The number of fused-ring (bicyclic) bond motifs is 1. The van der Waals surface area contributed by atoms with Crippen molar-refractivity contribution in [3.05, 3.63) is 29.4 Å². The van der Waals surface area contributed by atoms with E-state index in [4.69, 9.17) is 4.42 Å². The lowest BCUT2D eigenvalue weighted by atomic mass is 9.97. The van der Waals surface area contributed by atoms with Crippen molar-refractivity contribution in [1.29, 1.82) is 0 Å². The standard InChI is InChI=1S/C15H23NO/c1-3-4-5-12(2)6-7-14-10-15-13(11-16-14)8-9-17-15/h8-10,12,16H,3-7,11H2,1-2H3. The average molecular weight is 233 g/mol. The molecule has 0 aromatic carbocycles. The molecule has 1 N–H and O–H groups in total. The van der Waals surface area contributed by atoms with Crippen molar-refractivity contribution in [3.63, 3.8) is 0 Å². The van der Waals surface area contributed by atoms with Gasteiger partial charge in [-0.1, -0.05) is 33.1 Å². The molecule has 1 aromatic heterocycles. The van der Waals surface area contributed by atoms with E-state index in [0.717, 1.165) is 24.6 Å². The molecule has 0 radical (unpaired) electrons. The molecule has 2 heteroatoms. The molecule has 17 heavy (non-hydrogen) atoms. The van der Waals surface area contributed by atoms with Crippen LogP contribution in [0, 0.1) is 5.92 Å². The monoisotopic (exact) mass is 233 g/mol. The molecule has 2 nitrogen and oxygen atoms in total. The maximum atomic E-state index is 5.44. The summed E-state index contributed by atoms with van der Waals surface area (Å²) in [4.78, 5) is 0. The van der Waals surface area contributed by atoms with Crippen molar-refractivity contribution in [2.75, 3.05) is 0 Å². The second-order valence-electron chi connectivity index (χ2n) is 5.12. The maximum Gasteiger partial charge on any atom is 0.133 e. The largest absolute Gasteiger partial charge is 0.465 e. The van der Waals surface area contributed by atoms with Crippen LogP contribution in [-0.2, 0) is 6.54 Å². The number of furan rings is 1. The van der Waals surface area contributed by atoms with Crippen molar-refractivity contribution < 1.29 is 4.42 Å². The van der Waals surface area contributed by atoms with E-state index in [1.165, 1.54) is 36.9 Å². The van der Waals surface area contributed by atoms with Crippen LogP contribution in [0.3, 0.4) is 0 Å². The van der Waals surface area contributed by atoms with Gasteiger partial charge >= 0.3 is 0 Å². The fraction of sp³-hybridized carbons (Fsp3) is 0.600. The fourth-order valence-electron chi connectivity index (χ4n) is 2.30. The number of rotatable bonds is 6. The Morgan fingerprint density at radius 3 is 3.12 bits per heavy atom. The summed E-state index contributed by atoms with van der Waals surface area (Å²) >= 11 is 0. The van der Waals surface area contributed by atoms with Crippen LogP contribution in [0.2, 0.25) is 0 Å². The van der Waals surface area contributed by atoms with Gasteiger partial charge in [0.1, 0.15) is 5.76 Å². The Balaban J connectivity index is 1.81. The van der Waals surface area contributed by atoms with Crippen molar-refractivity contribution in [1.82, 2.24) is 5.32 Å². The summed E-state index contributed by atoms with van der Waals surface area (Å²) < 4.78 is 5.44. The SMILES string of the molecule is CCCCC(C)CCC1=Cc2occc2CN1. The first kappa shape index (κ1) is 12.3. The third-order valence-electron chi connectivity index (χ3n) is 3.55. The molecule has 1 aliphatic rings. The Kier molecular flexibility index (Phi) is 4.29. The first-order valence-electron chi connectivity index (χ1n) is 6.80. The van der Waals surface area contributed by atoms with Crippen molar-refractivity contribution in [2.45, 2.75) is 52.5 Å². The predicted octanol–water partition coefficient (Wildman–Crippen LogP) is 4.33. The zero-order valence-corrected chi connectivity index (χ0v) is 11.0. The summed E-state index contributed by atoms with van der Waals surface area (Å²) in [6, 6.07) is 2.04. The highest BCUT2D eigenvalue weighted by Crippen LogP contribution is 2.23. The molecule has 0 amide bonds. The van der Waals surface area contributed by atoms with Gasteiger partial charge < -0.3 is 9.73 Å². The number of hydrogen-bond acceptors (Lipinski definition) is 2. The summed E-state index contributed by atoms with van der Waals surface area (Å²) in [5, 5.41) is 3.47. The first-order valence-corrected chi connectivity index (χ1v) is 6.80. The van der Waals surface area contributed by atoms with Crippen molar-refractivity contribution >= 4 is 6.08 Å². The molecule has 0 spiro atoms. The smallest absolute Gasteiger partial charge is 0.133 e. The topological polar surface area (TPSA) is 25.2 Å². The lowest BCUT2D eigenvalue weighted by molar-refractivity contribution is 0.464.